The van der Waals surface area contributed by atoms with Gasteiger partial charge in [0.2, 0.25) is 0 Å². The molecular formula is C27H28ClN2O3PS. The number of amides is 2. The van der Waals surface area contributed by atoms with Gasteiger partial charge in [-0.1, -0.05) is 41.6 Å². The van der Waals surface area contributed by atoms with Gasteiger partial charge in [-0.25, -0.2) is 0 Å². The topological polar surface area (TPSA) is 58.6 Å². The summed E-state index contributed by atoms with van der Waals surface area (Å²) in [6, 6.07) is 18.4. The molecule has 35 heavy (non-hydrogen) atoms. The highest BCUT2D eigenvalue weighted by Gasteiger charge is 2.29. The monoisotopic (exact) mass is 526 g/mol. The van der Waals surface area contributed by atoms with Gasteiger partial charge in [-0.3, -0.25) is 9.59 Å². The molecule has 2 atom stereocenters. The maximum absolute atomic E-state index is 13.7. The van der Waals surface area contributed by atoms with E-state index < -0.39 is 6.92 Å². The lowest BCUT2D eigenvalue weighted by atomic mass is 10.0. The van der Waals surface area contributed by atoms with E-state index in [-0.39, 0.29) is 17.9 Å². The largest absolute Gasteiger partial charge is 0.346 e. The average molecular weight is 527 g/mol. The van der Waals surface area contributed by atoms with Gasteiger partial charge < -0.3 is 14.7 Å². The van der Waals surface area contributed by atoms with Crippen molar-refractivity contribution >= 4 is 53.5 Å². The van der Waals surface area contributed by atoms with Gasteiger partial charge in [0.1, 0.15) is 0 Å². The predicted octanol–water partition coefficient (Wildman–Crippen LogP) is 6.93. The summed E-state index contributed by atoms with van der Waals surface area (Å²) in [7, 11) is 0. The van der Waals surface area contributed by atoms with Gasteiger partial charge in [0, 0.05) is 39.6 Å². The molecule has 0 spiro atoms. The quantitative estimate of drug-likeness (QED) is 0.366. The maximum atomic E-state index is 13.7. The van der Waals surface area contributed by atoms with E-state index in [1.54, 1.807) is 29.2 Å². The molecule has 3 aromatic rings. The lowest BCUT2D eigenvalue weighted by Gasteiger charge is -2.25. The standard InChI is InChI=1S/C27H28ClN2O3PS/c1-17-7-4-5-8-21(17)26(31)29-20-11-12-22(18(2)15-20)27(32)30-14-6-9-25(33-34(3)35)23-16-19(28)10-13-24(23)30/h4-5,7-8,10-13,15-16,25,34H,6,9,14H2,1-3H3,(H,29,31). The summed E-state index contributed by atoms with van der Waals surface area (Å²) < 4.78 is 6.09. The number of nitrogens with zero attached hydrogens (tertiary/aromatic N) is 1. The maximum Gasteiger partial charge on any atom is 0.258 e. The van der Waals surface area contributed by atoms with E-state index in [1.807, 2.05) is 56.9 Å². The smallest absolute Gasteiger partial charge is 0.258 e. The van der Waals surface area contributed by atoms with Crippen molar-refractivity contribution in [3.05, 3.63) is 93.5 Å². The molecule has 3 aromatic carbocycles. The van der Waals surface area contributed by atoms with Crippen LogP contribution in [0.4, 0.5) is 11.4 Å². The third kappa shape index (κ3) is 5.84. The summed E-state index contributed by atoms with van der Waals surface area (Å²) >= 11 is 11.7. The number of fused-ring (bicyclic) bond motifs is 1. The molecule has 0 saturated heterocycles. The number of carbonyl (C=O) groups excluding carboxylic acids is 2. The van der Waals surface area contributed by atoms with Gasteiger partial charge >= 0.3 is 0 Å². The Morgan fingerprint density at radius 2 is 1.83 bits per heavy atom. The molecule has 0 saturated carbocycles. The Balaban J connectivity index is 1.60. The van der Waals surface area contributed by atoms with Crippen LogP contribution in [0, 0.1) is 13.8 Å². The van der Waals surface area contributed by atoms with Gasteiger partial charge in [0.25, 0.3) is 11.8 Å². The number of carbonyl (C=O) groups is 2. The molecule has 1 N–H and O–H groups in total. The molecule has 2 unspecified atom stereocenters. The highest BCUT2D eigenvalue weighted by molar-refractivity contribution is 8.02. The minimum Gasteiger partial charge on any atom is -0.346 e. The van der Waals surface area contributed by atoms with Gasteiger partial charge in [0.15, 0.2) is 0 Å². The first-order chi connectivity index (χ1) is 16.7. The summed E-state index contributed by atoms with van der Waals surface area (Å²) in [6.07, 6.45) is 1.40. The molecule has 0 bridgehead atoms. The third-order valence-electron chi connectivity index (χ3n) is 6.13. The highest BCUT2D eigenvalue weighted by Crippen LogP contribution is 2.41. The van der Waals surface area contributed by atoms with Crippen molar-refractivity contribution in [2.24, 2.45) is 0 Å². The van der Waals surface area contributed by atoms with Crippen molar-refractivity contribution < 1.29 is 14.1 Å². The van der Waals surface area contributed by atoms with Crippen molar-refractivity contribution in [2.45, 2.75) is 32.8 Å². The van der Waals surface area contributed by atoms with Crippen LogP contribution < -0.4 is 10.2 Å². The molecule has 0 aliphatic carbocycles. The zero-order chi connectivity index (χ0) is 25.1. The Kier molecular flexibility index (Phi) is 8.08. The summed E-state index contributed by atoms with van der Waals surface area (Å²) in [5.41, 5.74) is 5.25. The highest BCUT2D eigenvalue weighted by atomic mass is 35.5. The molecular weight excluding hydrogens is 499 g/mol. The summed E-state index contributed by atoms with van der Waals surface area (Å²) in [6.45, 7) is 4.95. The molecule has 1 aliphatic heterocycles. The van der Waals surface area contributed by atoms with E-state index >= 15 is 0 Å². The van der Waals surface area contributed by atoms with Crippen LogP contribution in [0.1, 0.15) is 56.4 Å². The molecule has 2 amide bonds. The van der Waals surface area contributed by atoms with Gasteiger partial charge in [0.05, 0.1) is 13.0 Å². The van der Waals surface area contributed by atoms with Crippen LogP contribution >= 0.6 is 18.5 Å². The molecule has 0 fully saturated rings. The third-order valence-corrected chi connectivity index (χ3v) is 7.27. The molecule has 1 heterocycles. The molecule has 5 nitrogen and oxygen atoms in total. The number of aryl methyl sites for hydroxylation is 2. The number of hydrogen-bond donors (Lipinski definition) is 1. The fourth-order valence-electron chi connectivity index (χ4n) is 4.43. The van der Waals surface area contributed by atoms with E-state index in [1.165, 1.54) is 0 Å². The summed E-state index contributed by atoms with van der Waals surface area (Å²) in [5.74, 6) is -0.270. The second-order valence-corrected chi connectivity index (χ2v) is 12.1. The van der Waals surface area contributed by atoms with E-state index in [4.69, 9.17) is 27.9 Å². The van der Waals surface area contributed by atoms with Crippen LogP contribution in [0.15, 0.2) is 60.7 Å². The predicted molar refractivity (Wildman–Crippen MR) is 148 cm³/mol. The number of benzene rings is 3. The van der Waals surface area contributed by atoms with Crippen LogP contribution in [-0.2, 0) is 16.3 Å². The minimum atomic E-state index is -1.33. The van der Waals surface area contributed by atoms with Crippen molar-refractivity contribution in [2.75, 3.05) is 23.4 Å². The first kappa shape index (κ1) is 25.6. The van der Waals surface area contributed by atoms with Gasteiger partial charge in [-0.15, -0.1) is 0 Å². The Morgan fingerprint density at radius 1 is 1.06 bits per heavy atom. The number of hydrogen-bond acceptors (Lipinski definition) is 4. The van der Waals surface area contributed by atoms with Crippen molar-refractivity contribution in [1.29, 1.82) is 0 Å². The molecule has 1 aliphatic rings. The lowest BCUT2D eigenvalue weighted by molar-refractivity contribution is 0.0985. The molecule has 0 aromatic heterocycles. The normalized spacial score (nSPS) is 16.2. The van der Waals surface area contributed by atoms with E-state index in [9.17, 15) is 9.59 Å². The zero-order valence-electron chi connectivity index (χ0n) is 19.9. The van der Waals surface area contributed by atoms with E-state index in [0.29, 0.717) is 28.4 Å². The number of halogens is 1. The van der Waals surface area contributed by atoms with E-state index in [0.717, 1.165) is 35.2 Å². The van der Waals surface area contributed by atoms with Crippen LogP contribution in [0.2, 0.25) is 5.02 Å². The zero-order valence-corrected chi connectivity index (χ0v) is 22.5. The Hall–Kier alpha value is -2.50. The molecule has 0 radical (unpaired) electrons. The Bertz CT molecular complexity index is 1310. The lowest BCUT2D eigenvalue weighted by Crippen LogP contribution is -2.32. The number of nitrogens with one attached hydrogen (secondary N) is 1. The number of rotatable bonds is 5. The number of anilines is 2. The van der Waals surface area contributed by atoms with Gasteiger partial charge in [-0.05, 0) is 86.9 Å². The minimum absolute atomic E-state index is 0.0936. The summed E-state index contributed by atoms with van der Waals surface area (Å²) in [5, 5.41) is 3.54. The molecule has 182 valence electrons. The average Bonchev–Trinajstić information content (AvgIpc) is 2.98. The Morgan fingerprint density at radius 3 is 2.54 bits per heavy atom. The van der Waals surface area contributed by atoms with Crippen LogP contribution in [-0.4, -0.2) is 25.0 Å². The second kappa shape index (κ2) is 11.0. The van der Waals surface area contributed by atoms with Crippen LogP contribution in [0.3, 0.4) is 0 Å². The first-order valence-electron chi connectivity index (χ1n) is 11.5. The van der Waals surface area contributed by atoms with Crippen molar-refractivity contribution in [3.63, 3.8) is 0 Å². The van der Waals surface area contributed by atoms with Crippen molar-refractivity contribution in [3.8, 4) is 0 Å². The molecule has 4 rings (SSSR count). The van der Waals surface area contributed by atoms with Crippen LogP contribution in [0.5, 0.6) is 0 Å². The first-order valence-corrected chi connectivity index (χ1v) is 14.9. The SMILES string of the molecule is Cc1ccccc1C(=O)Nc1ccc(C(=O)N2CCCC(O[PH](C)=S)c3cc(Cl)ccc32)c(C)c1. The van der Waals surface area contributed by atoms with Gasteiger partial charge in [-0.2, -0.15) is 0 Å². The fraction of sp³-hybridized carbons (Fsp3) is 0.259. The Labute approximate surface area is 216 Å². The van der Waals surface area contributed by atoms with Crippen LogP contribution in [0.25, 0.3) is 0 Å². The summed E-state index contributed by atoms with van der Waals surface area (Å²) in [4.78, 5) is 28.2. The van der Waals surface area contributed by atoms with Crippen molar-refractivity contribution in [1.82, 2.24) is 0 Å². The second-order valence-electron chi connectivity index (χ2n) is 8.70. The fourth-order valence-corrected chi connectivity index (χ4v) is 5.60. The molecule has 8 heteroatoms. The van der Waals surface area contributed by atoms with E-state index in [2.05, 4.69) is 5.32 Å².